The van der Waals surface area contributed by atoms with E-state index in [0.717, 1.165) is 25.7 Å². The van der Waals surface area contributed by atoms with E-state index in [4.69, 9.17) is 0 Å². The SMILES string of the molecule is CCCCCCCCCCCCC/C=C\CCCC/C=C\CCC(O)(C[N+](C)(C)C)P(=O)(O)O. The van der Waals surface area contributed by atoms with Gasteiger partial charge in [-0.3, -0.25) is 4.57 Å². The van der Waals surface area contributed by atoms with Crippen molar-refractivity contribution in [2.24, 2.45) is 0 Å². The van der Waals surface area contributed by atoms with Gasteiger partial charge in [0.05, 0.1) is 21.1 Å². The second kappa shape index (κ2) is 19.7. The van der Waals surface area contributed by atoms with Gasteiger partial charge in [-0.05, 0) is 51.4 Å². The van der Waals surface area contributed by atoms with Crippen molar-refractivity contribution in [3.63, 3.8) is 0 Å². The molecule has 0 aliphatic heterocycles. The summed E-state index contributed by atoms with van der Waals surface area (Å²) in [6, 6.07) is 0. The molecule has 0 saturated heterocycles. The van der Waals surface area contributed by atoms with Crippen LogP contribution in [0.25, 0.3) is 0 Å². The van der Waals surface area contributed by atoms with Crippen molar-refractivity contribution in [2.45, 2.75) is 128 Å². The largest absolute Gasteiger partial charge is 0.373 e. The van der Waals surface area contributed by atoms with Crippen molar-refractivity contribution in [1.82, 2.24) is 0 Å². The molecule has 0 amide bonds. The van der Waals surface area contributed by atoms with Gasteiger partial charge >= 0.3 is 7.60 Å². The molecule has 0 saturated carbocycles. The second-order valence-corrected chi connectivity index (χ2v) is 13.0. The highest BCUT2D eigenvalue weighted by molar-refractivity contribution is 7.53. The monoisotopic (exact) mass is 502 g/mol. The summed E-state index contributed by atoms with van der Waals surface area (Å²) in [6.07, 6.45) is 30.1. The molecule has 0 fully saturated rings. The lowest BCUT2D eigenvalue weighted by atomic mass is 10.1. The maximum Gasteiger partial charge on any atom is 0.362 e. The normalized spacial score (nSPS) is 14.9. The summed E-state index contributed by atoms with van der Waals surface area (Å²) in [6.45, 7) is 2.30. The molecule has 1 atom stereocenters. The Hall–Kier alpha value is -0.450. The van der Waals surface area contributed by atoms with Crippen molar-refractivity contribution in [3.05, 3.63) is 24.3 Å². The quantitative estimate of drug-likeness (QED) is 0.0578. The molecule has 34 heavy (non-hydrogen) atoms. The number of nitrogens with zero attached hydrogens (tertiary/aromatic N) is 1. The summed E-state index contributed by atoms with van der Waals surface area (Å²) < 4.78 is 12.1. The molecule has 0 aliphatic carbocycles. The minimum absolute atomic E-state index is 0.0245. The van der Waals surface area contributed by atoms with Crippen LogP contribution in [0.1, 0.15) is 122 Å². The molecule has 0 aliphatic rings. The lowest BCUT2D eigenvalue weighted by molar-refractivity contribution is -0.875. The van der Waals surface area contributed by atoms with Gasteiger partial charge in [-0.2, -0.15) is 0 Å². The first-order valence-corrected chi connectivity index (χ1v) is 15.5. The summed E-state index contributed by atoms with van der Waals surface area (Å²) >= 11 is 0. The topological polar surface area (TPSA) is 77.8 Å². The summed E-state index contributed by atoms with van der Waals surface area (Å²) in [5.74, 6) is 0. The molecule has 6 heteroatoms. The highest BCUT2D eigenvalue weighted by Crippen LogP contribution is 2.52. The van der Waals surface area contributed by atoms with Crippen LogP contribution in [0.5, 0.6) is 0 Å². The van der Waals surface area contributed by atoms with Gasteiger partial charge in [0.2, 0.25) is 5.34 Å². The van der Waals surface area contributed by atoms with Crippen molar-refractivity contribution in [1.29, 1.82) is 0 Å². The van der Waals surface area contributed by atoms with Gasteiger partial charge in [0, 0.05) is 0 Å². The molecule has 0 heterocycles. The number of unbranched alkanes of at least 4 members (excludes halogenated alkanes) is 14. The summed E-state index contributed by atoms with van der Waals surface area (Å²) in [7, 11) is 0.885. The first-order chi connectivity index (χ1) is 16.0. The number of allylic oxidation sites excluding steroid dienone is 4. The molecule has 5 nitrogen and oxygen atoms in total. The van der Waals surface area contributed by atoms with E-state index in [-0.39, 0.29) is 13.0 Å². The first kappa shape index (κ1) is 33.5. The number of likely N-dealkylation sites (N-methyl/N-ethyl adjacent to an activating group) is 1. The molecule has 0 spiro atoms. The number of rotatable bonds is 23. The maximum atomic E-state index is 11.8. The standard InChI is InChI=1S/C28H56NO4P/c1-5-6-7-8-9-10-11-12-13-14-15-16-17-18-19-20-21-22-23-24-25-26-28(30,34(31,32)33)27-29(2,3)4/h17-18,23-24,30H,5-16,19-22,25-27H2,1-4H3,(H-,31,32,33)/p+1/b18-17-,24-23-. The fraction of sp³-hybridized carbons (Fsp3) is 0.857. The van der Waals surface area contributed by atoms with Crippen LogP contribution >= 0.6 is 7.60 Å². The Morgan fingerprint density at radius 2 is 1.00 bits per heavy atom. The summed E-state index contributed by atoms with van der Waals surface area (Å²) in [4.78, 5) is 19.2. The van der Waals surface area contributed by atoms with E-state index in [2.05, 4.69) is 25.2 Å². The molecule has 0 aromatic carbocycles. The minimum atomic E-state index is -4.58. The predicted octanol–water partition coefficient (Wildman–Crippen LogP) is 7.71. The second-order valence-electron chi connectivity index (χ2n) is 11.1. The van der Waals surface area contributed by atoms with Crippen LogP contribution in [-0.2, 0) is 4.57 Å². The third-order valence-corrected chi connectivity index (χ3v) is 7.73. The molecule has 0 aromatic rings. The zero-order chi connectivity index (χ0) is 25.8. The van der Waals surface area contributed by atoms with Gasteiger partial charge in [0.1, 0.15) is 6.54 Å². The van der Waals surface area contributed by atoms with E-state index in [0.29, 0.717) is 10.9 Å². The Kier molecular flexibility index (Phi) is 19.4. The van der Waals surface area contributed by atoms with Crippen LogP contribution in [-0.4, -0.2) is 52.4 Å². The van der Waals surface area contributed by atoms with E-state index in [1.54, 1.807) is 0 Å². The molecule has 0 bridgehead atoms. The lowest BCUT2D eigenvalue weighted by Crippen LogP contribution is -2.49. The van der Waals surface area contributed by atoms with Crippen molar-refractivity contribution < 1.29 is 23.9 Å². The molecule has 1 unspecified atom stereocenters. The highest BCUT2D eigenvalue weighted by atomic mass is 31.2. The van der Waals surface area contributed by atoms with E-state index >= 15 is 0 Å². The van der Waals surface area contributed by atoms with Gasteiger partial charge in [0.25, 0.3) is 0 Å². The minimum Gasteiger partial charge on any atom is -0.373 e. The van der Waals surface area contributed by atoms with Crippen LogP contribution in [0.4, 0.5) is 0 Å². The van der Waals surface area contributed by atoms with Gasteiger partial charge < -0.3 is 19.4 Å². The van der Waals surface area contributed by atoms with Gasteiger partial charge in [-0.1, -0.05) is 95.4 Å². The smallest absolute Gasteiger partial charge is 0.362 e. The Morgan fingerprint density at radius 1 is 0.647 bits per heavy atom. The molecular formula is C28H57NO4P+. The van der Waals surface area contributed by atoms with Crippen molar-refractivity contribution in [3.8, 4) is 0 Å². The zero-order valence-electron chi connectivity index (χ0n) is 22.9. The van der Waals surface area contributed by atoms with Crippen molar-refractivity contribution in [2.75, 3.05) is 27.7 Å². The number of hydrogen-bond donors (Lipinski definition) is 3. The number of quaternary nitrogens is 1. The van der Waals surface area contributed by atoms with Crippen LogP contribution < -0.4 is 0 Å². The van der Waals surface area contributed by atoms with Gasteiger partial charge in [0.15, 0.2) is 0 Å². The Bertz CT molecular complexity index is 579. The molecule has 202 valence electrons. The average molecular weight is 503 g/mol. The Balaban J connectivity index is 3.65. The molecule has 0 radical (unpaired) electrons. The number of hydrogen-bond acceptors (Lipinski definition) is 2. The summed E-state index contributed by atoms with van der Waals surface area (Å²) in [5.41, 5.74) is 0. The maximum absolute atomic E-state index is 11.8. The number of aliphatic hydroxyl groups is 1. The Labute approximate surface area is 211 Å². The zero-order valence-corrected chi connectivity index (χ0v) is 23.8. The van der Waals surface area contributed by atoms with Crippen LogP contribution in [0.2, 0.25) is 0 Å². The van der Waals surface area contributed by atoms with Crippen LogP contribution in [0.15, 0.2) is 24.3 Å². The molecule has 0 aromatic heterocycles. The van der Waals surface area contributed by atoms with E-state index in [1.807, 2.05) is 27.2 Å². The first-order valence-electron chi connectivity index (χ1n) is 13.9. The van der Waals surface area contributed by atoms with Crippen molar-refractivity contribution >= 4 is 7.60 Å². The average Bonchev–Trinajstić information content (AvgIpc) is 2.73. The highest BCUT2D eigenvalue weighted by Gasteiger charge is 2.48. The van der Waals surface area contributed by atoms with E-state index in [9.17, 15) is 19.5 Å². The summed E-state index contributed by atoms with van der Waals surface area (Å²) in [5, 5.41) is 8.56. The lowest BCUT2D eigenvalue weighted by Gasteiger charge is -2.35. The van der Waals surface area contributed by atoms with Gasteiger partial charge in [-0.15, -0.1) is 0 Å². The fourth-order valence-electron chi connectivity index (χ4n) is 4.31. The van der Waals surface area contributed by atoms with Crippen LogP contribution in [0, 0.1) is 0 Å². The predicted molar refractivity (Wildman–Crippen MR) is 147 cm³/mol. The third-order valence-electron chi connectivity index (χ3n) is 6.28. The van der Waals surface area contributed by atoms with E-state index in [1.165, 1.54) is 77.0 Å². The molecule has 3 N–H and O–H groups in total. The van der Waals surface area contributed by atoms with E-state index < -0.39 is 12.9 Å². The molecular weight excluding hydrogens is 445 g/mol. The molecule has 0 rings (SSSR count). The fourth-order valence-corrected chi connectivity index (χ4v) is 5.34. The van der Waals surface area contributed by atoms with Gasteiger partial charge in [-0.25, -0.2) is 0 Å². The third kappa shape index (κ3) is 19.8. The Morgan fingerprint density at radius 3 is 1.38 bits per heavy atom. The van der Waals surface area contributed by atoms with Crippen LogP contribution in [0.3, 0.4) is 0 Å².